The van der Waals surface area contributed by atoms with Crippen LogP contribution in [0.2, 0.25) is 0 Å². The van der Waals surface area contributed by atoms with Crippen molar-refractivity contribution in [3.05, 3.63) is 81.8 Å². The molecule has 0 radical (unpaired) electrons. The molecule has 2 heterocycles. The molecule has 6 nitrogen and oxygen atoms in total. The van der Waals surface area contributed by atoms with Crippen molar-refractivity contribution in [2.75, 3.05) is 0 Å². The summed E-state index contributed by atoms with van der Waals surface area (Å²) < 4.78 is 7.24. The van der Waals surface area contributed by atoms with Gasteiger partial charge in [0, 0.05) is 11.6 Å². The molecule has 0 unspecified atom stereocenters. The van der Waals surface area contributed by atoms with E-state index in [1.54, 1.807) is 0 Å². The van der Waals surface area contributed by atoms with Gasteiger partial charge in [-0.15, -0.1) is 5.10 Å². The first-order valence-electron chi connectivity index (χ1n) is 8.91. The van der Waals surface area contributed by atoms with Crippen molar-refractivity contribution in [2.24, 2.45) is 0 Å². The Balaban J connectivity index is 1.64. The second-order valence-electron chi connectivity index (χ2n) is 6.36. The summed E-state index contributed by atoms with van der Waals surface area (Å²) in [5.74, 6) is 1.75. The van der Waals surface area contributed by atoms with Crippen LogP contribution in [0.3, 0.4) is 0 Å². The van der Waals surface area contributed by atoms with Gasteiger partial charge >= 0.3 is 0 Å². The minimum Gasteiger partial charge on any atom is -0.487 e. The predicted octanol–water partition coefficient (Wildman–Crippen LogP) is 3.53. The predicted molar refractivity (Wildman–Crippen MR) is 104 cm³/mol. The summed E-state index contributed by atoms with van der Waals surface area (Å²) in [6, 6.07) is 17.1. The fraction of sp³-hybridized carbons (Fsp3) is 0.190. The Morgan fingerprint density at radius 2 is 1.93 bits per heavy atom. The summed E-state index contributed by atoms with van der Waals surface area (Å²) in [5, 5.41) is 4.30. The molecule has 0 atom stereocenters. The van der Waals surface area contributed by atoms with E-state index in [9.17, 15) is 4.79 Å². The molecule has 2 aromatic heterocycles. The topological polar surface area (TPSA) is 72.3 Å². The third-order valence-electron chi connectivity index (χ3n) is 4.52. The van der Waals surface area contributed by atoms with Crippen molar-refractivity contribution in [1.82, 2.24) is 19.6 Å². The Morgan fingerprint density at radius 3 is 2.70 bits per heavy atom. The van der Waals surface area contributed by atoms with E-state index in [1.807, 2.05) is 42.5 Å². The molecule has 4 aromatic rings. The van der Waals surface area contributed by atoms with Gasteiger partial charge in [-0.3, -0.25) is 4.79 Å². The van der Waals surface area contributed by atoms with Crippen molar-refractivity contribution in [3.8, 4) is 17.1 Å². The molecule has 4 rings (SSSR count). The number of nitrogens with one attached hydrogen (secondary N) is 1. The van der Waals surface area contributed by atoms with Crippen LogP contribution in [0, 0.1) is 6.92 Å². The minimum absolute atomic E-state index is 0.239. The highest BCUT2D eigenvalue weighted by Crippen LogP contribution is 2.23. The van der Waals surface area contributed by atoms with E-state index in [-0.39, 0.29) is 12.2 Å². The number of benzene rings is 2. The maximum atomic E-state index is 12.4. The van der Waals surface area contributed by atoms with Crippen LogP contribution in [-0.4, -0.2) is 19.6 Å². The first kappa shape index (κ1) is 17.0. The second-order valence-corrected chi connectivity index (χ2v) is 6.36. The van der Waals surface area contributed by atoms with Gasteiger partial charge < -0.3 is 9.72 Å². The molecule has 0 spiro atoms. The quantitative estimate of drug-likeness (QED) is 0.591. The molecule has 0 amide bonds. The molecular weight excluding hydrogens is 340 g/mol. The normalized spacial score (nSPS) is 11.0. The van der Waals surface area contributed by atoms with Gasteiger partial charge in [-0.1, -0.05) is 49.4 Å². The average Bonchev–Trinajstić information content (AvgIpc) is 3.12. The lowest BCUT2D eigenvalue weighted by atomic mass is 10.1. The van der Waals surface area contributed by atoms with Crippen LogP contribution in [0.5, 0.6) is 5.75 Å². The maximum absolute atomic E-state index is 12.4. The van der Waals surface area contributed by atoms with Gasteiger partial charge in [0.1, 0.15) is 12.4 Å². The fourth-order valence-electron chi connectivity index (χ4n) is 3.14. The standard InChI is InChI=1S/C21H20N4O2/c1-3-17-14(2)8-7-11-18(17)27-13-16-12-19(26)25-21(22-16)23-20(24-25)15-9-5-4-6-10-15/h4-12H,3,13H2,1-2H3,(H,22,23,24). The van der Waals surface area contributed by atoms with Gasteiger partial charge in [0.05, 0.1) is 5.69 Å². The first-order valence-corrected chi connectivity index (χ1v) is 8.91. The molecule has 136 valence electrons. The van der Waals surface area contributed by atoms with Gasteiger partial charge in [0.25, 0.3) is 5.56 Å². The lowest BCUT2D eigenvalue weighted by Crippen LogP contribution is -2.16. The number of hydrogen-bond donors (Lipinski definition) is 1. The minimum atomic E-state index is -0.239. The largest absolute Gasteiger partial charge is 0.487 e. The zero-order chi connectivity index (χ0) is 18.8. The Labute approximate surface area is 156 Å². The number of hydrogen-bond acceptors (Lipinski definition) is 4. The molecule has 1 N–H and O–H groups in total. The van der Waals surface area contributed by atoms with Crippen LogP contribution < -0.4 is 10.3 Å². The molecule has 0 bridgehead atoms. The van der Waals surface area contributed by atoms with Gasteiger partial charge in [-0.25, -0.2) is 0 Å². The van der Waals surface area contributed by atoms with E-state index in [4.69, 9.17) is 4.74 Å². The number of aromatic amines is 1. The van der Waals surface area contributed by atoms with Crippen molar-refractivity contribution >= 4 is 5.78 Å². The van der Waals surface area contributed by atoms with E-state index in [1.165, 1.54) is 21.7 Å². The molecule has 27 heavy (non-hydrogen) atoms. The van der Waals surface area contributed by atoms with E-state index >= 15 is 0 Å². The number of H-pyrrole nitrogens is 1. The molecular formula is C21H20N4O2. The van der Waals surface area contributed by atoms with Crippen LogP contribution in [0.25, 0.3) is 17.2 Å². The summed E-state index contributed by atoms with van der Waals surface area (Å²) in [7, 11) is 0. The highest BCUT2D eigenvalue weighted by atomic mass is 16.5. The zero-order valence-corrected chi connectivity index (χ0v) is 15.3. The molecule has 2 aromatic carbocycles. The summed E-state index contributed by atoms with van der Waals surface area (Å²) in [5.41, 5.74) is 3.65. The monoisotopic (exact) mass is 360 g/mol. The van der Waals surface area contributed by atoms with E-state index in [0.29, 0.717) is 17.3 Å². The van der Waals surface area contributed by atoms with Crippen LogP contribution in [0.4, 0.5) is 0 Å². The molecule has 0 aliphatic rings. The number of ether oxygens (including phenoxy) is 1. The van der Waals surface area contributed by atoms with Crippen molar-refractivity contribution in [3.63, 3.8) is 0 Å². The average molecular weight is 360 g/mol. The second kappa shape index (κ2) is 7.07. The van der Waals surface area contributed by atoms with Crippen molar-refractivity contribution < 1.29 is 4.74 Å². The number of nitrogens with zero attached hydrogens (tertiary/aromatic N) is 3. The SMILES string of the molecule is CCc1c(C)cccc1OCc1cc(=O)n2nc(-c3ccccc3)nc2[nH]1. The zero-order valence-electron chi connectivity index (χ0n) is 15.3. The summed E-state index contributed by atoms with van der Waals surface area (Å²) in [6.07, 6.45) is 0.891. The number of aryl methyl sites for hydroxylation is 1. The number of rotatable bonds is 5. The summed E-state index contributed by atoms with van der Waals surface area (Å²) in [4.78, 5) is 20.0. The van der Waals surface area contributed by atoms with Crippen molar-refractivity contribution in [2.45, 2.75) is 26.9 Å². The van der Waals surface area contributed by atoms with Gasteiger partial charge in [-0.05, 0) is 30.5 Å². The lowest BCUT2D eigenvalue weighted by molar-refractivity contribution is 0.298. The molecule has 0 fully saturated rings. The molecule has 6 heteroatoms. The highest BCUT2D eigenvalue weighted by Gasteiger charge is 2.11. The lowest BCUT2D eigenvalue weighted by Gasteiger charge is -2.12. The third-order valence-corrected chi connectivity index (χ3v) is 4.52. The Kier molecular flexibility index (Phi) is 4.46. The fourth-order valence-corrected chi connectivity index (χ4v) is 3.14. The third kappa shape index (κ3) is 3.33. The summed E-state index contributed by atoms with van der Waals surface area (Å²) >= 11 is 0. The Hall–Kier alpha value is -3.41. The Bertz CT molecular complexity index is 1150. The molecule has 0 saturated heterocycles. The van der Waals surface area contributed by atoms with Crippen LogP contribution >= 0.6 is 0 Å². The number of fused-ring (bicyclic) bond motifs is 1. The van der Waals surface area contributed by atoms with Gasteiger partial charge in [0.15, 0.2) is 5.82 Å². The van der Waals surface area contributed by atoms with E-state index in [2.05, 4.69) is 35.0 Å². The van der Waals surface area contributed by atoms with Crippen molar-refractivity contribution in [1.29, 1.82) is 0 Å². The molecule has 0 aliphatic heterocycles. The van der Waals surface area contributed by atoms with Gasteiger partial charge in [0.2, 0.25) is 5.78 Å². The van der Waals surface area contributed by atoms with Crippen LogP contribution in [0.15, 0.2) is 59.4 Å². The molecule has 0 saturated carbocycles. The number of aromatic nitrogens is 4. The van der Waals surface area contributed by atoms with Crippen LogP contribution in [0.1, 0.15) is 23.7 Å². The first-order chi connectivity index (χ1) is 13.2. The smallest absolute Gasteiger partial charge is 0.276 e. The van der Waals surface area contributed by atoms with E-state index < -0.39 is 0 Å². The van der Waals surface area contributed by atoms with E-state index in [0.717, 1.165) is 17.7 Å². The maximum Gasteiger partial charge on any atom is 0.276 e. The molecule has 0 aliphatic carbocycles. The van der Waals surface area contributed by atoms with Crippen LogP contribution in [-0.2, 0) is 13.0 Å². The summed E-state index contributed by atoms with van der Waals surface area (Å²) in [6.45, 7) is 4.43. The Morgan fingerprint density at radius 1 is 1.11 bits per heavy atom. The van der Waals surface area contributed by atoms with Gasteiger partial charge in [-0.2, -0.15) is 9.50 Å². The highest BCUT2D eigenvalue weighted by molar-refractivity contribution is 5.56.